The normalized spacial score (nSPS) is 24.1. The Morgan fingerprint density at radius 1 is 1.50 bits per heavy atom. The van der Waals surface area contributed by atoms with Crippen LogP contribution in [0.4, 0.5) is 0 Å². The second-order valence-electron chi connectivity index (χ2n) is 5.31. The van der Waals surface area contributed by atoms with E-state index in [1.54, 1.807) is 0 Å². The summed E-state index contributed by atoms with van der Waals surface area (Å²) in [6.45, 7) is 8.29. The molecule has 1 aliphatic heterocycles. The van der Waals surface area contributed by atoms with Crippen molar-refractivity contribution in [3.05, 3.63) is 0 Å². The minimum absolute atomic E-state index is 0.0166. The first-order valence-corrected chi connectivity index (χ1v) is 8.60. The van der Waals surface area contributed by atoms with Crippen LogP contribution in [-0.2, 0) is 10.0 Å². The number of piperidine rings is 1. The van der Waals surface area contributed by atoms with E-state index in [-0.39, 0.29) is 5.75 Å². The van der Waals surface area contributed by atoms with Gasteiger partial charge in [0.2, 0.25) is 10.0 Å². The minimum atomic E-state index is -3.34. The van der Waals surface area contributed by atoms with Crippen molar-refractivity contribution in [3.8, 4) is 0 Å². The van der Waals surface area contributed by atoms with Crippen LogP contribution in [0.3, 0.4) is 0 Å². The van der Waals surface area contributed by atoms with Gasteiger partial charge in [-0.05, 0) is 45.2 Å². The molecule has 1 rings (SSSR count). The number of nitrogens with zero attached hydrogens (tertiary/aromatic N) is 1. The van der Waals surface area contributed by atoms with Gasteiger partial charge in [-0.15, -0.1) is 0 Å². The molecular formula is C12H27N3O2S. The maximum Gasteiger partial charge on any atom is 0.210 e. The van der Waals surface area contributed by atoms with Crippen molar-refractivity contribution in [2.75, 3.05) is 31.9 Å². The summed E-state index contributed by atoms with van der Waals surface area (Å²) in [4.78, 5) is 2.51. The van der Waals surface area contributed by atoms with E-state index in [2.05, 4.69) is 24.1 Å². The molecule has 0 aromatic heterocycles. The Hall–Kier alpha value is -0.170. The molecule has 6 heteroatoms. The smallest absolute Gasteiger partial charge is 0.210 e. The number of nitrogens with two attached hydrogens (primary N) is 1. The topological polar surface area (TPSA) is 75.4 Å². The summed E-state index contributed by atoms with van der Waals surface area (Å²) in [7, 11) is -3.34. The van der Waals surface area contributed by atoms with Gasteiger partial charge in [0, 0.05) is 19.1 Å². The van der Waals surface area contributed by atoms with Crippen LogP contribution in [0, 0.1) is 5.92 Å². The summed E-state index contributed by atoms with van der Waals surface area (Å²) in [5, 5.41) is 8.27. The zero-order valence-corrected chi connectivity index (χ0v) is 12.4. The van der Waals surface area contributed by atoms with Crippen LogP contribution in [0.2, 0.25) is 0 Å². The molecule has 1 saturated heterocycles. The van der Waals surface area contributed by atoms with Crippen molar-refractivity contribution in [3.63, 3.8) is 0 Å². The molecule has 2 atom stereocenters. The third-order valence-corrected chi connectivity index (χ3v) is 4.41. The highest BCUT2D eigenvalue weighted by atomic mass is 32.2. The van der Waals surface area contributed by atoms with Gasteiger partial charge in [-0.3, -0.25) is 0 Å². The monoisotopic (exact) mass is 277 g/mol. The van der Waals surface area contributed by atoms with Crippen molar-refractivity contribution in [2.45, 2.75) is 39.2 Å². The summed E-state index contributed by atoms with van der Waals surface area (Å²) in [6, 6.07) is 0.353. The number of primary sulfonamides is 1. The molecule has 0 bridgehead atoms. The average Bonchev–Trinajstić information content (AvgIpc) is 2.28. The zero-order valence-electron chi connectivity index (χ0n) is 11.6. The van der Waals surface area contributed by atoms with Crippen molar-refractivity contribution in [1.82, 2.24) is 10.2 Å². The highest BCUT2D eigenvalue weighted by Crippen LogP contribution is 2.19. The lowest BCUT2D eigenvalue weighted by atomic mass is 9.91. The lowest BCUT2D eigenvalue weighted by molar-refractivity contribution is 0.152. The van der Waals surface area contributed by atoms with E-state index in [1.165, 1.54) is 32.4 Å². The second kappa shape index (κ2) is 7.43. The fourth-order valence-electron chi connectivity index (χ4n) is 2.61. The van der Waals surface area contributed by atoms with Gasteiger partial charge in [0.15, 0.2) is 0 Å². The number of hydrogen-bond donors (Lipinski definition) is 2. The largest absolute Gasteiger partial charge is 0.313 e. The van der Waals surface area contributed by atoms with E-state index in [9.17, 15) is 8.42 Å². The van der Waals surface area contributed by atoms with Crippen LogP contribution in [-0.4, -0.2) is 51.3 Å². The van der Waals surface area contributed by atoms with Gasteiger partial charge in [-0.2, -0.15) is 0 Å². The number of likely N-dealkylation sites (tertiary alicyclic amines) is 1. The van der Waals surface area contributed by atoms with Gasteiger partial charge < -0.3 is 10.2 Å². The Morgan fingerprint density at radius 2 is 2.22 bits per heavy atom. The predicted octanol–water partition coefficient (Wildman–Crippen LogP) is 0.375. The van der Waals surface area contributed by atoms with Gasteiger partial charge in [-0.25, -0.2) is 13.6 Å². The minimum Gasteiger partial charge on any atom is -0.313 e. The lowest BCUT2D eigenvalue weighted by Crippen LogP contribution is -2.45. The highest BCUT2D eigenvalue weighted by Gasteiger charge is 2.23. The number of sulfonamides is 1. The summed E-state index contributed by atoms with van der Waals surface area (Å²) in [6.07, 6.45) is 3.66. The Bertz CT molecular complexity index is 330. The molecule has 0 amide bonds. The molecule has 1 fully saturated rings. The molecule has 0 saturated carbocycles. The summed E-state index contributed by atoms with van der Waals surface area (Å²) in [5.74, 6) is 0.633. The molecule has 108 valence electrons. The fraction of sp³-hybridized carbons (Fsp3) is 1.00. The highest BCUT2D eigenvalue weighted by molar-refractivity contribution is 7.89. The van der Waals surface area contributed by atoms with E-state index in [4.69, 9.17) is 5.14 Å². The standard InChI is InChI=1S/C12H27N3O2S/c1-3-7-15-8-4-5-12(10-15)11(2)14-6-9-18(13,16)17/h11-12,14H,3-10H2,1-2H3,(H2,13,16,17). The van der Waals surface area contributed by atoms with Crippen LogP contribution < -0.4 is 10.5 Å². The van der Waals surface area contributed by atoms with Gasteiger partial charge in [-0.1, -0.05) is 6.92 Å². The first kappa shape index (κ1) is 15.9. The van der Waals surface area contributed by atoms with Crippen LogP contribution in [0.1, 0.15) is 33.1 Å². The van der Waals surface area contributed by atoms with Crippen molar-refractivity contribution in [1.29, 1.82) is 0 Å². The average molecular weight is 277 g/mol. The Kier molecular flexibility index (Phi) is 6.55. The SMILES string of the molecule is CCCN1CCCC(C(C)NCCS(N)(=O)=O)C1. The van der Waals surface area contributed by atoms with Crippen molar-refractivity contribution in [2.24, 2.45) is 11.1 Å². The Balaban J connectivity index is 2.30. The number of rotatable bonds is 7. The van der Waals surface area contributed by atoms with Crippen LogP contribution >= 0.6 is 0 Å². The molecule has 0 aromatic rings. The quantitative estimate of drug-likeness (QED) is 0.705. The molecule has 0 aliphatic carbocycles. The van der Waals surface area contributed by atoms with E-state index in [0.29, 0.717) is 18.5 Å². The third-order valence-electron chi connectivity index (χ3n) is 3.64. The van der Waals surface area contributed by atoms with Gasteiger partial charge in [0.1, 0.15) is 0 Å². The molecule has 0 spiro atoms. The molecule has 1 aliphatic rings. The molecule has 5 nitrogen and oxygen atoms in total. The van der Waals surface area contributed by atoms with Gasteiger partial charge in [0.25, 0.3) is 0 Å². The van der Waals surface area contributed by atoms with E-state index in [0.717, 1.165) is 6.54 Å². The van der Waals surface area contributed by atoms with Gasteiger partial charge >= 0.3 is 0 Å². The van der Waals surface area contributed by atoms with Crippen molar-refractivity contribution >= 4 is 10.0 Å². The third kappa shape index (κ3) is 6.13. The molecule has 2 unspecified atom stereocenters. The molecule has 1 heterocycles. The maximum atomic E-state index is 10.9. The number of hydrogen-bond acceptors (Lipinski definition) is 4. The molecule has 0 radical (unpaired) electrons. The number of nitrogens with one attached hydrogen (secondary N) is 1. The second-order valence-corrected chi connectivity index (χ2v) is 7.05. The van der Waals surface area contributed by atoms with E-state index < -0.39 is 10.0 Å². The van der Waals surface area contributed by atoms with Crippen molar-refractivity contribution < 1.29 is 8.42 Å². The lowest BCUT2D eigenvalue weighted by Gasteiger charge is -2.36. The summed E-state index contributed by atoms with van der Waals surface area (Å²) >= 11 is 0. The van der Waals surface area contributed by atoms with Crippen LogP contribution in [0.5, 0.6) is 0 Å². The first-order chi connectivity index (χ1) is 8.42. The fourth-order valence-corrected chi connectivity index (χ4v) is 3.02. The van der Waals surface area contributed by atoms with Crippen LogP contribution in [0.25, 0.3) is 0 Å². The molecular weight excluding hydrogens is 250 g/mol. The predicted molar refractivity (Wildman–Crippen MR) is 74.9 cm³/mol. The summed E-state index contributed by atoms with van der Waals surface area (Å²) < 4.78 is 21.7. The Morgan fingerprint density at radius 3 is 2.83 bits per heavy atom. The maximum absolute atomic E-state index is 10.9. The van der Waals surface area contributed by atoms with Gasteiger partial charge in [0.05, 0.1) is 5.75 Å². The summed E-state index contributed by atoms with van der Waals surface area (Å²) in [5.41, 5.74) is 0. The van der Waals surface area contributed by atoms with E-state index in [1.807, 2.05) is 0 Å². The van der Waals surface area contributed by atoms with Crippen LogP contribution in [0.15, 0.2) is 0 Å². The molecule has 18 heavy (non-hydrogen) atoms. The Labute approximate surface area is 111 Å². The molecule has 3 N–H and O–H groups in total. The first-order valence-electron chi connectivity index (χ1n) is 6.88. The zero-order chi connectivity index (χ0) is 13.6. The molecule has 0 aromatic carbocycles. The van der Waals surface area contributed by atoms with E-state index >= 15 is 0 Å².